The second-order valence-electron chi connectivity index (χ2n) is 6.01. The number of amides is 1. The third kappa shape index (κ3) is 4.45. The summed E-state index contributed by atoms with van der Waals surface area (Å²) in [4.78, 5) is 29.6. The van der Waals surface area contributed by atoms with Crippen LogP contribution in [0, 0.1) is 19.7 Å². The molecule has 0 saturated carbocycles. The molecule has 1 aromatic carbocycles. The predicted molar refractivity (Wildman–Crippen MR) is 110 cm³/mol. The van der Waals surface area contributed by atoms with Gasteiger partial charge in [-0.25, -0.2) is 4.39 Å². The first-order valence-electron chi connectivity index (χ1n) is 8.71. The summed E-state index contributed by atoms with van der Waals surface area (Å²) in [7, 11) is 0. The molecule has 1 atom stereocenters. The molecule has 0 fully saturated rings. The highest BCUT2D eigenvalue weighted by molar-refractivity contribution is 7.17. The Labute approximate surface area is 167 Å². The van der Waals surface area contributed by atoms with Gasteiger partial charge in [-0.1, -0.05) is 31.5 Å². The lowest BCUT2D eigenvalue weighted by atomic mass is 9.99. The summed E-state index contributed by atoms with van der Waals surface area (Å²) in [5.74, 6) is -1.02. The van der Waals surface area contributed by atoms with Crippen molar-refractivity contribution in [2.24, 2.45) is 4.99 Å². The molecule has 2 heterocycles. The van der Waals surface area contributed by atoms with E-state index in [2.05, 4.69) is 10.3 Å². The highest BCUT2D eigenvalue weighted by Crippen LogP contribution is 2.37. The SMILES string of the molecule is CC.CC(=O)CC1N=C(c2ccc(Cl)c(F)c2)c2c(sc(C)c2C)NC1=O. The Morgan fingerprint density at radius 3 is 2.59 bits per heavy atom. The molecule has 1 amide bonds. The number of hydrogen-bond donors (Lipinski definition) is 1. The number of hydrogen-bond acceptors (Lipinski definition) is 4. The van der Waals surface area contributed by atoms with Gasteiger partial charge in [-0.2, -0.15) is 0 Å². The number of halogens is 2. The lowest BCUT2D eigenvalue weighted by molar-refractivity contribution is -0.122. The van der Waals surface area contributed by atoms with Crippen molar-refractivity contribution >= 4 is 45.3 Å². The third-order valence-corrected chi connectivity index (χ3v) is 5.55. The van der Waals surface area contributed by atoms with Crippen molar-refractivity contribution in [1.82, 2.24) is 0 Å². The van der Waals surface area contributed by atoms with Crippen molar-refractivity contribution in [3.05, 3.63) is 50.6 Å². The van der Waals surface area contributed by atoms with E-state index in [0.717, 1.165) is 16.0 Å². The summed E-state index contributed by atoms with van der Waals surface area (Å²) in [5.41, 5.74) is 2.76. The maximum Gasteiger partial charge on any atom is 0.250 e. The maximum atomic E-state index is 14.0. The molecule has 4 nitrogen and oxygen atoms in total. The summed E-state index contributed by atoms with van der Waals surface area (Å²) in [6, 6.07) is 3.59. The second kappa shape index (κ2) is 8.76. The molecular formula is C20H22ClFN2O2S. The van der Waals surface area contributed by atoms with Crippen LogP contribution in [-0.4, -0.2) is 23.4 Å². The molecule has 1 N–H and O–H groups in total. The fraction of sp³-hybridized carbons (Fsp3) is 0.350. The van der Waals surface area contributed by atoms with E-state index in [1.165, 1.54) is 30.4 Å². The normalized spacial score (nSPS) is 15.7. The van der Waals surface area contributed by atoms with Crippen molar-refractivity contribution in [3.8, 4) is 0 Å². The molecule has 0 saturated heterocycles. The van der Waals surface area contributed by atoms with E-state index in [4.69, 9.17) is 11.6 Å². The van der Waals surface area contributed by atoms with Gasteiger partial charge in [0.1, 0.15) is 22.6 Å². The molecule has 27 heavy (non-hydrogen) atoms. The number of thiophene rings is 1. The molecule has 0 radical (unpaired) electrons. The number of nitrogens with one attached hydrogen (secondary N) is 1. The Bertz CT molecular complexity index is 921. The summed E-state index contributed by atoms with van der Waals surface area (Å²) in [6.45, 7) is 9.30. The highest BCUT2D eigenvalue weighted by Gasteiger charge is 2.30. The zero-order valence-corrected chi connectivity index (χ0v) is 17.5. The van der Waals surface area contributed by atoms with Gasteiger partial charge >= 0.3 is 0 Å². The van der Waals surface area contributed by atoms with Crippen LogP contribution in [0.5, 0.6) is 0 Å². The number of Topliss-reactive ketones (excluding diaryl/α,β-unsaturated/α-hetero) is 1. The van der Waals surface area contributed by atoms with Crippen LogP contribution in [0.1, 0.15) is 48.8 Å². The number of carbonyl (C=O) groups is 2. The van der Waals surface area contributed by atoms with Gasteiger partial charge in [-0.05, 0) is 38.5 Å². The van der Waals surface area contributed by atoms with Crippen LogP contribution in [0.2, 0.25) is 5.02 Å². The Morgan fingerprint density at radius 2 is 2.00 bits per heavy atom. The molecule has 0 bridgehead atoms. The van der Waals surface area contributed by atoms with Crippen molar-refractivity contribution in [2.45, 2.75) is 47.1 Å². The number of aryl methyl sites for hydroxylation is 1. The summed E-state index contributed by atoms with van der Waals surface area (Å²) >= 11 is 7.23. The highest BCUT2D eigenvalue weighted by atomic mass is 35.5. The first-order chi connectivity index (χ1) is 12.8. The largest absolute Gasteiger partial charge is 0.315 e. The molecule has 1 aliphatic heterocycles. The number of rotatable bonds is 3. The molecule has 7 heteroatoms. The Morgan fingerprint density at radius 1 is 1.33 bits per heavy atom. The maximum absolute atomic E-state index is 14.0. The van der Waals surface area contributed by atoms with E-state index < -0.39 is 11.9 Å². The molecule has 0 spiro atoms. The Balaban J connectivity index is 0.00000126. The van der Waals surface area contributed by atoms with Gasteiger partial charge in [-0.15, -0.1) is 11.3 Å². The van der Waals surface area contributed by atoms with Gasteiger partial charge in [0.25, 0.3) is 0 Å². The zero-order valence-electron chi connectivity index (χ0n) is 15.9. The standard InChI is InChI=1S/C18H16ClFN2O2S.C2H6/c1-8(23)6-14-17(24)22-18-15(9(2)10(3)25-18)16(21-14)11-4-5-12(19)13(20)7-11;1-2/h4-5,7,14H,6H2,1-3H3,(H,22,24);1-2H3. The molecule has 2 aromatic rings. The van der Waals surface area contributed by atoms with E-state index in [1.807, 2.05) is 27.7 Å². The first-order valence-corrected chi connectivity index (χ1v) is 9.91. The number of aliphatic imine (C=N–C) groups is 1. The predicted octanol–water partition coefficient (Wildman–Crippen LogP) is 5.32. The molecule has 3 rings (SSSR count). The van der Waals surface area contributed by atoms with Crippen molar-refractivity contribution < 1.29 is 14.0 Å². The third-order valence-electron chi connectivity index (χ3n) is 4.12. The lowest BCUT2D eigenvalue weighted by Gasteiger charge is -2.10. The van der Waals surface area contributed by atoms with Crippen LogP contribution in [-0.2, 0) is 9.59 Å². The van der Waals surface area contributed by atoms with Crippen LogP contribution in [0.25, 0.3) is 0 Å². The minimum atomic E-state index is -0.842. The number of carbonyl (C=O) groups excluding carboxylic acids is 2. The van der Waals surface area contributed by atoms with Gasteiger partial charge in [0.15, 0.2) is 0 Å². The number of ketones is 1. The van der Waals surface area contributed by atoms with Crippen LogP contribution < -0.4 is 5.32 Å². The van der Waals surface area contributed by atoms with E-state index in [-0.39, 0.29) is 23.1 Å². The van der Waals surface area contributed by atoms with Gasteiger partial charge in [0.2, 0.25) is 5.91 Å². The average Bonchev–Trinajstić information content (AvgIpc) is 2.81. The summed E-state index contributed by atoms with van der Waals surface area (Å²) in [5, 5.41) is 3.54. The fourth-order valence-corrected chi connectivity index (χ4v) is 3.93. The fourth-order valence-electron chi connectivity index (χ4n) is 2.75. The van der Waals surface area contributed by atoms with Crippen molar-refractivity contribution in [1.29, 1.82) is 0 Å². The van der Waals surface area contributed by atoms with Crippen LogP contribution in [0.3, 0.4) is 0 Å². The average molecular weight is 409 g/mol. The molecule has 1 aromatic heterocycles. The topological polar surface area (TPSA) is 58.5 Å². The smallest absolute Gasteiger partial charge is 0.250 e. The summed E-state index contributed by atoms with van der Waals surface area (Å²) < 4.78 is 14.0. The van der Waals surface area contributed by atoms with Crippen molar-refractivity contribution in [3.63, 3.8) is 0 Å². The number of fused-ring (bicyclic) bond motifs is 1. The quantitative estimate of drug-likeness (QED) is 0.747. The monoisotopic (exact) mass is 408 g/mol. The molecule has 144 valence electrons. The van der Waals surface area contributed by atoms with Crippen LogP contribution in [0.15, 0.2) is 23.2 Å². The van der Waals surface area contributed by atoms with Crippen LogP contribution >= 0.6 is 22.9 Å². The lowest BCUT2D eigenvalue weighted by Crippen LogP contribution is -2.27. The van der Waals surface area contributed by atoms with E-state index in [9.17, 15) is 14.0 Å². The van der Waals surface area contributed by atoms with Gasteiger partial charge in [-0.3, -0.25) is 14.6 Å². The minimum Gasteiger partial charge on any atom is -0.315 e. The van der Waals surface area contributed by atoms with Gasteiger partial charge in [0.05, 0.1) is 10.7 Å². The number of anilines is 1. The van der Waals surface area contributed by atoms with E-state index >= 15 is 0 Å². The molecule has 1 unspecified atom stereocenters. The molecule has 0 aliphatic carbocycles. The molecular weight excluding hydrogens is 387 g/mol. The Kier molecular flexibility index (Phi) is 6.89. The number of nitrogens with zero attached hydrogens (tertiary/aromatic N) is 1. The van der Waals surface area contributed by atoms with E-state index in [1.54, 1.807) is 6.07 Å². The Hall–Kier alpha value is -2.05. The molecule has 1 aliphatic rings. The van der Waals surface area contributed by atoms with Gasteiger partial charge < -0.3 is 5.32 Å². The number of benzene rings is 1. The van der Waals surface area contributed by atoms with E-state index in [0.29, 0.717) is 16.3 Å². The minimum absolute atomic E-state index is 0.00161. The van der Waals surface area contributed by atoms with Crippen molar-refractivity contribution in [2.75, 3.05) is 5.32 Å². The zero-order chi connectivity index (χ0) is 20.3. The summed E-state index contributed by atoms with van der Waals surface area (Å²) in [6.07, 6.45) is -0.00161. The first kappa shape index (κ1) is 21.3. The second-order valence-corrected chi connectivity index (χ2v) is 7.64. The van der Waals surface area contributed by atoms with Gasteiger partial charge in [0, 0.05) is 22.4 Å². The van der Waals surface area contributed by atoms with Crippen LogP contribution in [0.4, 0.5) is 9.39 Å².